The fourth-order valence-electron chi connectivity index (χ4n) is 3.66. The van der Waals surface area contributed by atoms with Crippen LogP contribution in [0.1, 0.15) is 41.7 Å². The number of thiazole rings is 1. The van der Waals surface area contributed by atoms with Crippen molar-refractivity contribution in [2.75, 3.05) is 18.8 Å². The molecule has 0 saturated heterocycles. The van der Waals surface area contributed by atoms with Crippen LogP contribution in [-0.4, -0.2) is 43.6 Å². The van der Waals surface area contributed by atoms with Crippen LogP contribution < -0.4 is 5.73 Å². The third kappa shape index (κ3) is 4.07. The van der Waals surface area contributed by atoms with Gasteiger partial charge in [0.05, 0.1) is 5.69 Å². The van der Waals surface area contributed by atoms with E-state index in [1.807, 2.05) is 18.7 Å². The SMILES string of the molecule is Cc1cc(-c2nc(C(C)C)n(CC(=O)N3CCc4nc(N)sc4CC3)n2)ccc1F. The summed E-state index contributed by atoms with van der Waals surface area (Å²) < 4.78 is 15.3. The van der Waals surface area contributed by atoms with Crippen LogP contribution in [0, 0.1) is 12.7 Å². The van der Waals surface area contributed by atoms with Gasteiger partial charge in [0.15, 0.2) is 11.0 Å². The van der Waals surface area contributed by atoms with Crippen LogP contribution in [0.5, 0.6) is 0 Å². The predicted molar refractivity (Wildman–Crippen MR) is 115 cm³/mol. The van der Waals surface area contributed by atoms with E-state index < -0.39 is 0 Å². The molecule has 0 unspecified atom stereocenters. The van der Waals surface area contributed by atoms with Crippen molar-refractivity contribution < 1.29 is 9.18 Å². The summed E-state index contributed by atoms with van der Waals surface area (Å²) in [5.74, 6) is 1.09. The summed E-state index contributed by atoms with van der Waals surface area (Å²) in [6.45, 7) is 7.14. The van der Waals surface area contributed by atoms with Crippen LogP contribution in [0.4, 0.5) is 9.52 Å². The van der Waals surface area contributed by atoms with Gasteiger partial charge in [-0.3, -0.25) is 4.79 Å². The second-order valence-corrected chi connectivity index (χ2v) is 8.99. The van der Waals surface area contributed by atoms with Gasteiger partial charge in [-0.25, -0.2) is 19.0 Å². The Kier molecular flexibility index (Phi) is 5.55. The first kappa shape index (κ1) is 20.5. The largest absolute Gasteiger partial charge is 0.375 e. The topological polar surface area (TPSA) is 89.9 Å². The van der Waals surface area contributed by atoms with Gasteiger partial charge in [-0.15, -0.1) is 11.3 Å². The molecule has 0 aliphatic carbocycles. The van der Waals surface area contributed by atoms with Crippen molar-refractivity contribution >= 4 is 22.4 Å². The van der Waals surface area contributed by atoms with Crippen molar-refractivity contribution in [3.8, 4) is 11.4 Å². The molecule has 30 heavy (non-hydrogen) atoms. The zero-order valence-corrected chi connectivity index (χ0v) is 18.2. The highest BCUT2D eigenvalue weighted by Gasteiger charge is 2.23. The normalized spacial score (nSPS) is 14.1. The number of anilines is 1. The van der Waals surface area contributed by atoms with Crippen molar-refractivity contribution in [1.29, 1.82) is 0 Å². The van der Waals surface area contributed by atoms with Gasteiger partial charge in [-0.2, -0.15) is 5.10 Å². The van der Waals surface area contributed by atoms with E-state index in [1.165, 1.54) is 22.3 Å². The molecular formula is C21H25FN6OS. The first-order valence-electron chi connectivity index (χ1n) is 10.0. The monoisotopic (exact) mass is 428 g/mol. The first-order chi connectivity index (χ1) is 14.3. The predicted octanol–water partition coefficient (Wildman–Crippen LogP) is 3.18. The number of aromatic nitrogens is 4. The zero-order valence-electron chi connectivity index (χ0n) is 17.4. The molecule has 7 nitrogen and oxygen atoms in total. The molecule has 0 saturated carbocycles. The Bertz CT molecular complexity index is 1060. The minimum absolute atomic E-state index is 0.00626. The summed E-state index contributed by atoms with van der Waals surface area (Å²) in [5, 5.41) is 5.17. The van der Waals surface area contributed by atoms with Crippen molar-refractivity contribution in [3.63, 3.8) is 0 Å². The number of hydrogen-bond donors (Lipinski definition) is 1. The van der Waals surface area contributed by atoms with Crippen molar-refractivity contribution in [1.82, 2.24) is 24.6 Å². The third-order valence-electron chi connectivity index (χ3n) is 5.29. The Morgan fingerprint density at radius 2 is 2.03 bits per heavy atom. The molecule has 1 aromatic carbocycles. The second-order valence-electron chi connectivity index (χ2n) is 7.87. The van der Waals surface area contributed by atoms with Crippen molar-refractivity contribution in [2.45, 2.75) is 46.1 Å². The summed E-state index contributed by atoms with van der Waals surface area (Å²) >= 11 is 1.51. The molecule has 158 valence electrons. The highest BCUT2D eigenvalue weighted by Crippen LogP contribution is 2.25. The van der Waals surface area contributed by atoms with Gasteiger partial charge in [0.2, 0.25) is 5.91 Å². The maximum Gasteiger partial charge on any atom is 0.244 e. The quantitative estimate of drug-likeness (QED) is 0.689. The molecule has 3 heterocycles. The number of fused-ring (bicyclic) bond motifs is 1. The summed E-state index contributed by atoms with van der Waals surface area (Å²) in [4.78, 5) is 25.1. The molecule has 3 aromatic rings. The van der Waals surface area contributed by atoms with Gasteiger partial charge in [0, 0.05) is 42.3 Å². The minimum atomic E-state index is -0.261. The fraction of sp³-hybridized carbons (Fsp3) is 0.429. The lowest BCUT2D eigenvalue weighted by molar-refractivity contribution is -0.132. The van der Waals surface area contributed by atoms with Gasteiger partial charge in [-0.05, 0) is 30.7 Å². The third-order valence-corrected chi connectivity index (χ3v) is 6.28. The van der Waals surface area contributed by atoms with E-state index in [-0.39, 0.29) is 24.2 Å². The molecule has 0 bridgehead atoms. The average molecular weight is 429 g/mol. The van der Waals surface area contributed by atoms with Gasteiger partial charge in [0.1, 0.15) is 18.2 Å². The van der Waals surface area contributed by atoms with E-state index in [1.54, 1.807) is 23.7 Å². The van der Waals surface area contributed by atoms with Gasteiger partial charge < -0.3 is 10.6 Å². The Morgan fingerprint density at radius 3 is 2.77 bits per heavy atom. The molecular weight excluding hydrogens is 403 g/mol. The van der Waals surface area contributed by atoms with E-state index in [4.69, 9.17) is 5.73 Å². The molecule has 9 heteroatoms. The molecule has 0 radical (unpaired) electrons. The number of nitrogen functional groups attached to an aromatic ring is 1. The Morgan fingerprint density at radius 1 is 1.27 bits per heavy atom. The van der Waals surface area contributed by atoms with Crippen LogP contribution >= 0.6 is 11.3 Å². The molecule has 1 amide bonds. The van der Waals surface area contributed by atoms with Crippen LogP contribution in [0.15, 0.2) is 18.2 Å². The highest BCUT2D eigenvalue weighted by atomic mass is 32.1. The molecule has 2 N–H and O–H groups in total. The maximum atomic E-state index is 13.6. The Hall–Kier alpha value is -2.81. The number of carbonyl (C=O) groups excluding carboxylic acids is 1. The van der Waals surface area contributed by atoms with E-state index in [2.05, 4.69) is 15.1 Å². The van der Waals surface area contributed by atoms with Crippen molar-refractivity contribution in [2.24, 2.45) is 0 Å². The van der Waals surface area contributed by atoms with E-state index in [9.17, 15) is 9.18 Å². The van der Waals surface area contributed by atoms with E-state index in [0.29, 0.717) is 36.0 Å². The molecule has 0 fully saturated rings. The summed E-state index contributed by atoms with van der Waals surface area (Å²) in [6, 6.07) is 4.81. The maximum absolute atomic E-state index is 13.6. The van der Waals surface area contributed by atoms with E-state index >= 15 is 0 Å². The van der Waals surface area contributed by atoms with E-state index in [0.717, 1.165) is 23.5 Å². The second kappa shape index (κ2) is 8.14. The van der Waals surface area contributed by atoms with Gasteiger partial charge in [-0.1, -0.05) is 13.8 Å². The van der Waals surface area contributed by atoms with Crippen LogP contribution in [0.2, 0.25) is 0 Å². The number of nitrogens with two attached hydrogens (primary N) is 1. The van der Waals surface area contributed by atoms with Gasteiger partial charge >= 0.3 is 0 Å². The lowest BCUT2D eigenvalue weighted by Gasteiger charge is -2.20. The zero-order chi connectivity index (χ0) is 21.4. The molecule has 2 aromatic heterocycles. The number of benzene rings is 1. The Labute approximate surface area is 178 Å². The molecule has 0 spiro atoms. The number of rotatable bonds is 4. The van der Waals surface area contributed by atoms with Gasteiger partial charge in [0.25, 0.3) is 0 Å². The minimum Gasteiger partial charge on any atom is -0.375 e. The fourth-order valence-corrected chi connectivity index (χ4v) is 4.53. The van der Waals surface area contributed by atoms with Crippen LogP contribution in [0.3, 0.4) is 0 Å². The summed E-state index contributed by atoms with van der Waals surface area (Å²) in [6.07, 6.45) is 1.48. The van der Waals surface area contributed by atoms with Crippen molar-refractivity contribution in [3.05, 3.63) is 46.0 Å². The lowest BCUT2D eigenvalue weighted by Crippen LogP contribution is -2.36. The first-order valence-corrected chi connectivity index (χ1v) is 10.9. The summed E-state index contributed by atoms with van der Waals surface area (Å²) in [5.41, 5.74) is 8.09. The van der Waals surface area contributed by atoms with Crippen LogP contribution in [-0.2, 0) is 24.2 Å². The lowest BCUT2D eigenvalue weighted by atomic mass is 10.1. The molecule has 0 atom stereocenters. The number of carbonyl (C=O) groups is 1. The number of halogens is 1. The number of hydrogen-bond acceptors (Lipinski definition) is 6. The molecule has 1 aliphatic heterocycles. The highest BCUT2D eigenvalue weighted by molar-refractivity contribution is 7.15. The number of aryl methyl sites for hydroxylation is 1. The number of nitrogens with zero attached hydrogens (tertiary/aromatic N) is 5. The standard InChI is InChI=1S/C21H25FN6OS/c1-12(2)20-25-19(14-4-5-15(22)13(3)10-14)26-28(20)11-18(29)27-8-6-16-17(7-9-27)30-21(23)24-16/h4-5,10,12H,6-9,11H2,1-3H3,(H2,23,24). The van der Waals surface area contributed by atoms with Crippen LogP contribution in [0.25, 0.3) is 11.4 Å². The average Bonchev–Trinajstić information content (AvgIpc) is 3.21. The number of amides is 1. The molecule has 4 rings (SSSR count). The smallest absolute Gasteiger partial charge is 0.244 e. The molecule has 1 aliphatic rings. The Balaban J connectivity index is 1.53. The summed E-state index contributed by atoms with van der Waals surface area (Å²) in [7, 11) is 0.